The Balaban J connectivity index is 2.01. The SMILES string of the molecule is c1ccc(C2=NCCC3=C2CNCC3)cc1. The van der Waals surface area contributed by atoms with Crippen molar-refractivity contribution in [1.82, 2.24) is 5.32 Å². The van der Waals surface area contributed by atoms with Crippen LogP contribution in [0.4, 0.5) is 0 Å². The fourth-order valence-electron chi connectivity index (χ4n) is 2.52. The van der Waals surface area contributed by atoms with Crippen molar-refractivity contribution in [2.24, 2.45) is 4.99 Å². The van der Waals surface area contributed by atoms with Crippen LogP contribution in [0.1, 0.15) is 18.4 Å². The first-order valence-electron chi connectivity index (χ1n) is 5.97. The van der Waals surface area contributed by atoms with E-state index in [2.05, 4.69) is 35.6 Å². The summed E-state index contributed by atoms with van der Waals surface area (Å²) in [6.45, 7) is 3.08. The highest BCUT2D eigenvalue weighted by molar-refractivity contribution is 6.13. The summed E-state index contributed by atoms with van der Waals surface area (Å²) in [5, 5.41) is 3.44. The topological polar surface area (TPSA) is 24.4 Å². The third-order valence-electron chi connectivity index (χ3n) is 3.35. The summed E-state index contributed by atoms with van der Waals surface area (Å²) in [6, 6.07) is 10.5. The Labute approximate surface area is 96.1 Å². The van der Waals surface area contributed by atoms with Gasteiger partial charge in [0.1, 0.15) is 0 Å². The highest BCUT2D eigenvalue weighted by atomic mass is 14.9. The lowest BCUT2D eigenvalue weighted by Gasteiger charge is -2.26. The molecule has 0 amide bonds. The van der Waals surface area contributed by atoms with Gasteiger partial charge in [-0.25, -0.2) is 0 Å². The number of dihydropyridines is 1. The van der Waals surface area contributed by atoms with Crippen LogP contribution in [0.2, 0.25) is 0 Å². The largest absolute Gasteiger partial charge is 0.312 e. The predicted molar refractivity (Wildman–Crippen MR) is 67.0 cm³/mol. The van der Waals surface area contributed by atoms with Crippen molar-refractivity contribution in [1.29, 1.82) is 0 Å². The number of rotatable bonds is 1. The number of aliphatic imine (C=N–C) groups is 1. The molecule has 0 radical (unpaired) electrons. The first kappa shape index (κ1) is 9.79. The van der Waals surface area contributed by atoms with Crippen molar-refractivity contribution in [3.8, 4) is 0 Å². The third kappa shape index (κ3) is 1.69. The fourth-order valence-corrected chi connectivity index (χ4v) is 2.52. The quantitative estimate of drug-likeness (QED) is 0.758. The van der Waals surface area contributed by atoms with Crippen LogP contribution in [0.3, 0.4) is 0 Å². The zero-order valence-electron chi connectivity index (χ0n) is 9.37. The lowest BCUT2D eigenvalue weighted by Crippen LogP contribution is -2.31. The van der Waals surface area contributed by atoms with Crippen LogP contribution in [0.25, 0.3) is 0 Å². The molecular weight excluding hydrogens is 196 g/mol. The van der Waals surface area contributed by atoms with Crippen LogP contribution in [0.5, 0.6) is 0 Å². The van der Waals surface area contributed by atoms with Crippen LogP contribution in [0.15, 0.2) is 46.5 Å². The second-order valence-electron chi connectivity index (χ2n) is 4.36. The Bertz CT molecular complexity index is 443. The highest BCUT2D eigenvalue weighted by Crippen LogP contribution is 2.24. The Morgan fingerprint density at radius 2 is 1.94 bits per heavy atom. The van der Waals surface area contributed by atoms with Gasteiger partial charge in [-0.2, -0.15) is 0 Å². The number of benzene rings is 1. The zero-order chi connectivity index (χ0) is 10.8. The van der Waals surface area contributed by atoms with Crippen molar-refractivity contribution >= 4 is 5.71 Å². The van der Waals surface area contributed by atoms with E-state index in [0.29, 0.717) is 0 Å². The normalized spacial score (nSPS) is 20.4. The molecule has 2 aliphatic rings. The predicted octanol–water partition coefficient (Wildman–Crippen LogP) is 2.17. The van der Waals surface area contributed by atoms with E-state index in [1.165, 1.54) is 23.3 Å². The van der Waals surface area contributed by atoms with Crippen LogP contribution >= 0.6 is 0 Å². The molecule has 0 fully saturated rings. The summed E-state index contributed by atoms with van der Waals surface area (Å²) in [6.07, 6.45) is 2.36. The average Bonchev–Trinajstić information content (AvgIpc) is 2.39. The van der Waals surface area contributed by atoms with Crippen molar-refractivity contribution in [2.75, 3.05) is 19.6 Å². The molecule has 2 heteroatoms. The van der Waals surface area contributed by atoms with E-state index in [1.807, 2.05) is 0 Å². The molecule has 1 N–H and O–H groups in total. The van der Waals surface area contributed by atoms with Crippen LogP contribution in [-0.2, 0) is 0 Å². The van der Waals surface area contributed by atoms with Gasteiger partial charge in [0.15, 0.2) is 0 Å². The second-order valence-corrected chi connectivity index (χ2v) is 4.36. The maximum Gasteiger partial charge on any atom is 0.0691 e. The summed E-state index contributed by atoms with van der Waals surface area (Å²) in [4.78, 5) is 4.70. The molecule has 2 heterocycles. The van der Waals surface area contributed by atoms with Crippen LogP contribution in [-0.4, -0.2) is 25.3 Å². The van der Waals surface area contributed by atoms with E-state index in [-0.39, 0.29) is 0 Å². The van der Waals surface area contributed by atoms with E-state index in [9.17, 15) is 0 Å². The van der Waals surface area contributed by atoms with Gasteiger partial charge in [-0.15, -0.1) is 0 Å². The first-order valence-corrected chi connectivity index (χ1v) is 5.97. The molecule has 16 heavy (non-hydrogen) atoms. The summed E-state index contributed by atoms with van der Waals surface area (Å²) in [5.74, 6) is 0. The van der Waals surface area contributed by atoms with E-state index in [0.717, 1.165) is 26.1 Å². The second kappa shape index (κ2) is 4.22. The van der Waals surface area contributed by atoms with E-state index >= 15 is 0 Å². The minimum Gasteiger partial charge on any atom is -0.312 e. The van der Waals surface area contributed by atoms with Gasteiger partial charge in [-0.1, -0.05) is 35.9 Å². The van der Waals surface area contributed by atoms with Crippen molar-refractivity contribution in [2.45, 2.75) is 12.8 Å². The molecule has 0 saturated heterocycles. The Morgan fingerprint density at radius 3 is 2.81 bits per heavy atom. The molecule has 0 saturated carbocycles. The van der Waals surface area contributed by atoms with E-state index in [1.54, 1.807) is 5.57 Å². The zero-order valence-corrected chi connectivity index (χ0v) is 9.37. The van der Waals surface area contributed by atoms with Crippen molar-refractivity contribution < 1.29 is 0 Å². The Hall–Kier alpha value is -1.41. The Kier molecular flexibility index (Phi) is 2.58. The molecule has 2 aliphatic heterocycles. The first-order chi connectivity index (χ1) is 7.95. The number of hydrogen-bond donors (Lipinski definition) is 1. The van der Waals surface area contributed by atoms with Gasteiger partial charge in [0.2, 0.25) is 0 Å². The molecule has 0 bridgehead atoms. The Morgan fingerprint density at radius 1 is 1.06 bits per heavy atom. The molecule has 1 aromatic rings. The van der Waals surface area contributed by atoms with Crippen molar-refractivity contribution in [3.63, 3.8) is 0 Å². The molecule has 0 aliphatic carbocycles. The minimum atomic E-state index is 0.961. The monoisotopic (exact) mass is 212 g/mol. The lowest BCUT2D eigenvalue weighted by atomic mass is 9.89. The molecule has 2 nitrogen and oxygen atoms in total. The third-order valence-corrected chi connectivity index (χ3v) is 3.35. The van der Waals surface area contributed by atoms with E-state index < -0.39 is 0 Å². The minimum absolute atomic E-state index is 0.961. The number of nitrogens with one attached hydrogen (secondary N) is 1. The van der Waals surface area contributed by atoms with Gasteiger partial charge < -0.3 is 5.32 Å². The maximum absolute atomic E-state index is 4.70. The van der Waals surface area contributed by atoms with Gasteiger partial charge in [0, 0.05) is 13.1 Å². The summed E-state index contributed by atoms with van der Waals surface area (Å²) >= 11 is 0. The van der Waals surface area contributed by atoms with E-state index in [4.69, 9.17) is 4.99 Å². The molecular formula is C14H16N2. The van der Waals surface area contributed by atoms with Crippen LogP contribution < -0.4 is 5.32 Å². The molecule has 1 aromatic carbocycles. The summed E-state index contributed by atoms with van der Waals surface area (Å²) in [5.41, 5.74) is 5.55. The average molecular weight is 212 g/mol. The smallest absolute Gasteiger partial charge is 0.0691 e. The highest BCUT2D eigenvalue weighted by Gasteiger charge is 2.20. The number of nitrogens with zero attached hydrogens (tertiary/aromatic N) is 1. The summed E-state index contributed by atoms with van der Waals surface area (Å²) in [7, 11) is 0. The van der Waals surface area contributed by atoms with Gasteiger partial charge in [0.25, 0.3) is 0 Å². The molecule has 3 rings (SSSR count). The van der Waals surface area contributed by atoms with Crippen molar-refractivity contribution in [3.05, 3.63) is 47.0 Å². The molecule has 0 spiro atoms. The standard InChI is InChI=1S/C14H16N2/c1-2-4-12(5-3-1)14-13-10-15-8-6-11(13)7-9-16-14/h1-5,15H,6-10H2. The maximum atomic E-state index is 4.70. The lowest BCUT2D eigenvalue weighted by molar-refractivity contribution is 0.661. The molecule has 82 valence electrons. The fraction of sp³-hybridized carbons (Fsp3) is 0.357. The van der Waals surface area contributed by atoms with Gasteiger partial charge in [-0.05, 0) is 30.5 Å². The molecule has 0 atom stereocenters. The van der Waals surface area contributed by atoms with Gasteiger partial charge in [-0.3, -0.25) is 4.99 Å². The van der Waals surface area contributed by atoms with Gasteiger partial charge in [0.05, 0.1) is 5.71 Å². The van der Waals surface area contributed by atoms with Crippen LogP contribution in [0, 0.1) is 0 Å². The van der Waals surface area contributed by atoms with Gasteiger partial charge >= 0.3 is 0 Å². The number of hydrogen-bond acceptors (Lipinski definition) is 2. The molecule has 0 aromatic heterocycles. The summed E-state index contributed by atoms with van der Waals surface area (Å²) < 4.78 is 0. The molecule has 0 unspecified atom stereocenters.